The van der Waals surface area contributed by atoms with E-state index in [1.807, 2.05) is 6.92 Å². The molecule has 108 valence electrons. The summed E-state index contributed by atoms with van der Waals surface area (Å²) in [6, 6.07) is 4.93. The van der Waals surface area contributed by atoms with Crippen molar-refractivity contribution in [3.63, 3.8) is 0 Å². The zero-order chi connectivity index (χ0) is 15.0. The number of amides is 1. The molecule has 0 aliphatic carbocycles. The van der Waals surface area contributed by atoms with E-state index in [4.69, 9.17) is 21.4 Å². The van der Waals surface area contributed by atoms with Gasteiger partial charge in [0.05, 0.1) is 18.1 Å². The first-order valence-corrected chi connectivity index (χ1v) is 6.50. The minimum Gasteiger partial charge on any atom is -0.491 e. The fraction of sp³-hybridized carbons (Fsp3) is 0.286. The number of ether oxygens (including phenoxy) is 1. The molecule has 0 aromatic heterocycles. The van der Waals surface area contributed by atoms with Crippen LogP contribution < -0.4 is 10.1 Å². The average Bonchev–Trinajstić information content (AvgIpc) is 2.39. The molecule has 0 spiro atoms. The van der Waals surface area contributed by atoms with Gasteiger partial charge < -0.3 is 15.2 Å². The molecule has 1 amide bonds. The number of halogens is 1. The van der Waals surface area contributed by atoms with Crippen molar-refractivity contribution < 1.29 is 19.4 Å². The number of carboxylic acids is 1. The Kier molecular flexibility index (Phi) is 6.59. The van der Waals surface area contributed by atoms with Crippen LogP contribution in [-0.2, 0) is 9.59 Å². The standard InChI is InChI=1S/C14H16ClNO4/c1-2-16-13(17)7-8-20-12-5-3-10(9-11(12)15)4-6-14(18)19/h3-6,9H,2,7-8H2,1H3,(H,16,17)(H,18,19). The van der Waals surface area contributed by atoms with Crippen molar-refractivity contribution in [3.05, 3.63) is 34.9 Å². The predicted octanol–water partition coefficient (Wildman–Crippen LogP) is 2.34. The van der Waals surface area contributed by atoms with Crippen LogP contribution in [0.3, 0.4) is 0 Å². The van der Waals surface area contributed by atoms with Gasteiger partial charge in [0.2, 0.25) is 5.91 Å². The molecule has 0 saturated carbocycles. The number of carbonyl (C=O) groups excluding carboxylic acids is 1. The third-order valence-electron chi connectivity index (χ3n) is 2.33. The third-order valence-corrected chi connectivity index (χ3v) is 2.63. The Morgan fingerprint density at radius 3 is 2.80 bits per heavy atom. The summed E-state index contributed by atoms with van der Waals surface area (Å²) in [7, 11) is 0. The van der Waals surface area contributed by atoms with E-state index in [1.165, 1.54) is 6.08 Å². The van der Waals surface area contributed by atoms with Crippen LogP contribution in [0.15, 0.2) is 24.3 Å². The first-order chi connectivity index (χ1) is 9.52. The Balaban J connectivity index is 2.56. The Morgan fingerprint density at radius 2 is 2.20 bits per heavy atom. The highest BCUT2D eigenvalue weighted by molar-refractivity contribution is 6.32. The molecule has 5 nitrogen and oxygen atoms in total. The number of hydrogen-bond acceptors (Lipinski definition) is 3. The van der Waals surface area contributed by atoms with Crippen LogP contribution in [0.1, 0.15) is 18.9 Å². The number of carboxylic acid groups (broad SMARTS) is 1. The molecule has 6 heteroatoms. The summed E-state index contributed by atoms with van der Waals surface area (Å²) in [5.74, 6) is -0.642. The van der Waals surface area contributed by atoms with Crippen molar-refractivity contribution in [3.8, 4) is 5.75 Å². The van der Waals surface area contributed by atoms with Crippen LogP contribution in [0.2, 0.25) is 5.02 Å². The number of aliphatic carboxylic acids is 1. The van der Waals surface area contributed by atoms with Crippen LogP contribution in [0.5, 0.6) is 5.75 Å². The second-order valence-corrected chi connectivity index (χ2v) is 4.32. The molecule has 1 rings (SSSR count). The summed E-state index contributed by atoms with van der Waals surface area (Å²) in [4.78, 5) is 21.6. The molecule has 0 radical (unpaired) electrons. The fourth-order valence-electron chi connectivity index (χ4n) is 1.44. The lowest BCUT2D eigenvalue weighted by Crippen LogP contribution is -2.24. The maximum atomic E-state index is 11.2. The van der Waals surface area contributed by atoms with Gasteiger partial charge in [-0.15, -0.1) is 0 Å². The molecule has 0 atom stereocenters. The Morgan fingerprint density at radius 1 is 1.45 bits per heavy atom. The highest BCUT2D eigenvalue weighted by Gasteiger charge is 2.04. The zero-order valence-electron chi connectivity index (χ0n) is 11.1. The van der Waals surface area contributed by atoms with Gasteiger partial charge in [0, 0.05) is 12.6 Å². The molecule has 0 unspecified atom stereocenters. The van der Waals surface area contributed by atoms with Crippen LogP contribution in [-0.4, -0.2) is 30.1 Å². The van der Waals surface area contributed by atoms with E-state index in [0.717, 1.165) is 6.08 Å². The van der Waals surface area contributed by atoms with Crippen molar-refractivity contribution in [2.75, 3.05) is 13.2 Å². The van der Waals surface area contributed by atoms with Gasteiger partial charge in [0.25, 0.3) is 0 Å². The molecule has 2 N–H and O–H groups in total. The molecule has 0 bridgehead atoms. The maximum absolute atomic E-state index is 11.2. The second-order valence-electron chi connectivity index (χ2n) is 3.91. The molecule has 0 heterocycles. The van der Waals surface area contributed by atoms with Gasteiger partial charge in [-0.05, 0) is 30.7 Å². The maximum Gasteiger partial charge on any atom is 0.328 e. The van der Waals surface area contributed by atoms with E-state index in [9.17, 15) is 9.59 Å². The molecule has 1 aromatic rings. The largest absolute Gasteiger partial charge is 0.491 e. The molecular formula is C14H16ClNO4. The van der Waals surface area contributed by atoms with E-state index in [-0.39, 0.29) is 18.9 Å². The number of nitrogens with one attached hydrogen (secondary N) is 1. The van der Waals surface area contributed by atoms with E-state index in [0.29, 0.717) is 22.9 Å². The highest BCUT2D eigenvalue weighted by Crippen LogP contribution is 2.26. The molecule has 0 aliphatic rings. The fourth-order valence-corrected chi connectivity index (χ4v) is 1.69. The minimum absolute atomic E-state index is 0.0790. The van der Waals surface area contributed by atoms with Crippen LogP contribution in [0, 0.1) is 0 Å². The van der Waals surface area contributed by atoms with E-state index < -0.39 is 5.97 Å². The molecule has 1 aromatic carbocycles. The van der Waals surface area contributed by atoms with Crippen molar-refractivity contribution in [2.24, 2.45) is 0 Å². The number of carbonyl (C=O) groups is 2. The second kappa shape index (κ2) is 8.22. The third kappa shape index (κ3) is 5.75. The van der Waals surface area contributed by atoms with Gasteiger partial charge in [-0.1, -0.05) is 17.7 Å². The summed E-state index contributed by atoms with van der Waals surface area (Å²) in [5.41, 5.74) is 0.661. The predicted molar refractivity (Wildman–Crippen MR) is 76.9 cm³/mol. The van der Waals surface area contributed by atoms with Gasteiger partial charge >= 0.3 is 5.97 Å². The van der Waals surface area contributed by atoms with Crippen LogP contribution in [0.4, 0.5) is 0 Å². The summed E-state index contributed by atoms with van der Waals surface area (Å²) in [6.45, 7) is 2.67. The molecular weight excluding hydrogens is 282 g/mol. The zero-order valence-corrected chi connectivity index (χ0v) is 11.8. The quantitative estimate of drug-likeness (QED) is 0.758. The van der Waals surface area contributed by atoms with Crippen LogP contribution in [0.25, 0.3) is 6.08 Å². The molecule has 0 aliphatic heterocycles. The van der Waals surface area contributed by atoms with Gasteiger partial charge in [-0.2, -0.15) is 0 Å². The SMILES string of the molecule is CCNC(=O)CCOc1ccc(C=CC(=O)O)cc1Cl. The Hall–Kier alpha value is -2.01. The highest BCUT2D eigenvalue weighted by atomic mass is 35.5. The Bertz CT molecular complexity index is 514. The van der Waals surface area contributed by atoms with Gasteiger partial charge in [-0.25, -0.2) is 4.79 Å². The summed E-state index contributed by atoms with van der Waals surface area (Å²) in [5, 5.41) is 11.6. The average molecular weight is 298 g/mol. The van der Waals surface area contributed by atoms with Crippen molar-refractivity contribution in [1.82, 2.24) is 5.32 Å². The van der Waals surface area contributed by atoms with Crippen molar-refractivity contribution in [1.29, 1.82) is 0 Å². The van der Waals surface area contributed by atoms with Gasteiger partial charge in [0.15, 0.2) is 0 Å². The van der Waals surface area contributed by atoms with E-state index >= 15 is 0 Å². The number of hydrogen-bond donors (Lipinski definition) is 2. The normalized spacial score (nSPS) is 10.5. The van der Waals surface area contributed by atoms with E-state index in [1.54, 1.807) is 18.2 Å². The molecule has 0 fully saturated rings. The summed E-state index contributed by atoms with van der Waals surface area (Å²) < 4.78 is 5.40. The minimum atomic E-state index is -1.02. The van der Waals surface area contributed by atoms with Gasteiger partial charge in [0.1, 0.15) is 5.75 Å². The molecule has 20 heavy (non-hydrogen) atoms. The van der Waals surface area contributed by atoms with Crippen molar-refractivity contribution >= 4 is 29.6 Å². The van der Waals surface area contributed by atoms with Gasteiger partial charge in [-0.3, -0.25) is 4.79 Å². The topological polar surface area (TPSA) is 75.6 Å². The summed E-state index contributed by atoms with van der Waals surface area (Å²) in [6.07, 6.45) is 2.72. The van der Waals surface area contributed by atoms with Crippen LogP contribution >= 0.6 is 11.6 Å². The van der Waals surface area contributed by atoms with E-state index in [2.05, 4.69) is 5.32 Å². The number of rotatable bonds is 7. The lowest BCUT2D eigenvalue weighted by Gasteiger charge is -2.08. The first kappa shape index (κ1) is 16.0. The smallest absolute Gasteiger partial charge is 0.328 e. The Labute approximate surface area is 122 Å². The monoisotopic (exact) mass is 297 g/mol. The first-order valence-electron chi connectivity index (χ1n) is 6.13. The number of benzene rings is 1. The summed E-state index contributed by atoms with van der Waals surface area (Å²) >= 11 is 6.01. The lowest BCUT2D eigenvalue weighted by molar-refractivity contribution is -0.131. The molecule has 0 saturated heterocycles. The van der Waals surface area contributed by atoms with Crippen molar-refractivity contribution in [2.45, 2.75) is 13.3 Å². The lowest BCUT2D eigenvalue weighted by atomic mass is 10.2.